The number of rotatable bonds is 5. The summed E-state index contributed by atoms with van der Waals surface area (Å²) in [6.45, 7) is 0.325. The highest BCUT2D eigenvalue weighted by Crippen LogP contribution is 2.11. The van der Waals surface area contributed by atoms with E-state index in [2.05, 4.69) is 30.8 Å². The molecule has 25 heavy (non-hydrogen) atoms. The normalized spacial score (nSPS) is 10.9. The van der Waals surface area contributed by atoms with Gasteiger partial charge >= 0.3 is 0 Å². The van der Waals surface area contributed by atoms with E-state index in [-0.39, 0.29) is 12.5 Å². The van der Waals surface area contributed by atoms with Gasteiger partial charge in [0.2, 0.25) is 11.7 Å². The van der Waals surface area contributed by atoms with Crippen molar-refractivity contribution in [1.82, 2.24) is 40.1 Å². The molecule has 0 aliphatic heterocycles. The van der Waals surface area contributed by atoms with Gasteiger partial charge in [-0.05, 0) is 11.3 Å². The predicted octanol–water partition coefficient (Wildman–Crippen LogP) is 0.699. The highest BCUT2D eigenvalue weighted by molar-refractivity contribution is 5.75. The molecule has 1 N–H and O–H groups in total. The number of hydrogen-bond acceptors (Lipinski definition) is 6. The topological polar surface area (TPSA) is 103 Å². The number of aromatic nitrogens is 7. The molecule has 124 valence electrons. The standard InChI is InChI=1S/C16H14N8O/c25-14(18-9-13-10-19-23-8-4-7-17-16(13)23)11-24-21-15(20-22-24)12-5-2-1-3-6-12/h1-8,10H,9,11H2,(H,18,25). The number of carbonyl (C=O) groups excluding carboxylic acids is 1. The van der Waals surface area contributed by atoms with Gasteiger partial charge in [0.1, 0.15) is 6.54 Å². The average molecular weight is 334 g/mol. The third-order valence-electron chi connectivity index (χ3n) is 3.60. The Kier molecular flexibility index (Phi) is 3.87. The van der Waals surface area contributed by atoms with E-state index in [1.165, 1.54) is 4.80 Å². The van der Waals surface area contributed by atoms with Crippen LogP contribution < -0.4 is 5.32 Å². The van der Waals surface area contributed by atoms with Crippen LogP contribution in [0.2, 0.25) is 0 Å². The SMILES string of the molecule is O=C(Cn1nnc(-c2ccccc2)n1)NCc1cnn2cccnc12. The second kappa shape index (κ2) is 6.48. The molecule has 1 aromatic carbocycles. The number of nitrogens with zero attached hydrogens (tertiary/aromatic N) is 7. The monoisotopic (exact) mass is 334 g/mol. The molecule has 0 fully saturated rings. The highest BCUT2D eigenvalue weighted by Gasteiger charge is 2.10. The van der Waals surface area contributed by atoms with Gasteiger partial charge in [-0.2, -0.15) is 9.90 Å². The van der Waals surface area contributed by atoms with Crippen LogP contribution in [0.4, 0.5) is 0 Å². The van der Waals surface area contributed by atoms with Crippen LogP contribution >= 0.6 is 0 Å². The summed E-state index contributed by atoms with van der Waals surface area (Å²) in [5.74, 6) is 0.271. The number of tetrazole rings is 1. The maximum absolute atomic E-state index is 12.1. The molecule has 9 heteroatoms. The Morgan fingerprint density at radius 3 is 2.92 bits per heavy atom. The minimum atomic E-state index is -0.215. The van der Waals surface area contributed by atoms with Crippen molar-refractivity contribution >= 4 is 11.6 Å². The van der Waals surface area contributed by atoms with E-state index in [0.717, 1.165) is 11.1 Å². The molecule has 9 nitrogen and oxygen atoms in total. The maximum Gasteiger partial charge on any atom is 0.243 e. The second-order valence-electron chi connectivity index (χ2n) is 5.34. The van der Waals surface area contributed by atoms with Gasteiger partial charge in [0.25, 0.3) is 0 Å². The Morgan fingerprint density at radius 1 is 1.16 bits per heavy atom. The van der Waals surface area contributed by atoms with Gasteiger partial charge in [0.15, 0.2) is 5.65 Å². The molecule has 0 saturated carbocycles. The Labute approximate surface area is 142 Å². The molecule has 4 aromatic rings. The van der Waals surface area contributed by atoms with E-state index in [4.69, 9.17) is 0 Å². The molecule has 4 rings (SSSR count). The smallest absolute Gasteiger partial charge is 0.243 e. The minimum Gasteiger partial charge on any atom is -0.350 e. The summed E-state index contributed by atoms with van der Waals surface area (Å²) in [5.41, 5.74) is 2.41. The molecule has 0 aliphatic rings. The van der Waals surface area contributed by atoms with Crippen LogP contribution in [0.15, 0.2) is 55.0 Å². The zero-order valence-corrected chi connectivity index (χ0v) is 13.1. The summed E-state index contributed by atoms with van der Waals surface area (Å²) in [7, 11) is 0. The van der Waals surface area contributed by atoms with Crippen molar-refractivity contribution in [2.75, 3.05) is 0 Å². The molecule has 0 radical (unpaired) electrons. The molecule has 0 aliphatic carbocycles. The summed E-state index contributed by atoms with van der Waals surface area (Å²) in [5, 5.41) is 19.1. The number of hydrogen-bond donors (Lipinski definition) is 1. The van der Waals surface area contributed by atoms with Crippen molar-refractivity contribution in [3.05, 3.63) is 60.6 Å². The highest BCUT2D eigenvalue weighted by atomic mass is 16.2. The molecule has 3 aromatic heterocycles. The van der Waals surface area contributed by atoms with Crippen LogP contribution in [0, 0.1) is 0 Å². The van der Waals surface area contributed by atoms with E-state index >= 15 is 0 Å². The third kappa shape index (κ3) is 3.20. The summed E-state index contributed by atoms with van der Waals surface area (Å²) in [6.07, 6.45) is 5.18. The molecule has 0 spiro atoms. The minimum absolute atomic E-state index is 0.00747. The lowest BCUT2D eigenvalue weighted by Crippen LogP contribution is -2.28. The summed E-state index contributed by atoms with van der Waals surface area (Å²) in [4.78, 5) is 17.6. The molecule has 1 amide bonds. The van der Waals surface area contributed by atoms with Crippen molar-refractivity contribution in [2.45, 2.75) is 13.1 Å². The summed E-state index contributed by atoms with van der Waals surface area (Å²) < 4.78 is 1.66. The van der Waals surface area contributed by atoms with Gasteiger partial charge in [-0.3, -0.25) is 4.79 Å². The van der Waals surface area contributed by atoms with Crippen molar-refractivity contribution in [2.24, 2.45) is 0 Å². The number of amides is 1. The Morgan fingerprint density at radius 2 is 2.04 bits per heavy atom. The molecule has 0 bridgehead atoms. The fraction of sp³-hybridized carbons (Fsp3) is 0.125. The average Bonchev–Trinajstić information content (AvgIpc) is 3.28. The van der Waals surface area contributed by atoms with Gasteiger partial charge < -0.3 is 5.32 Å². The van der Waals surface area contributed by atoms with Crippen LogP contribution in [0.1, 0.15) is 5.56 Å². The van der Waals surface area contributed by atoms with Crippen LogP contribution in [-0.2, 0) is 17.9 Å². The van der Waals surface area contributed by atoms with E-state index in [9.17, 15) is 4.79 Å². The lowest BCUT2D eigenvalue weighted by Gasteiger charge is -2.03. The lowest BCUT2D eigenvalue weighted by molar-refractivity contribution is -0.122. The molecule has 3 heterocycles. The van der Waals surface area contributed by atoms with E-state index in [1.54, 1.807) is 29.2 Å². The van der Waals surface area contributed by atoms with Gasteiger partial charge in [-0.15, -0.1) is 10.2 Å². The fourth-order valence-electron chi connectivity index (χ4n) is 2.39. The van der Waals surface area contributed by atoms with Crippen molar-refractivity contribution in [1.29, 1.82) is 0 Å². The lowest BCUT2D eigenvalue weighted by atomic mass is 10.2. The van der Waals surface area contributed by atoms with Gasteiger partial charge in [0.05, 0.1) is 6.20 Å². The predicted molar refractivity (Wildman–Crippen MR) is 88.1 cm³/mol. The molecule has 0 atom stereocenters. The first-order chi connectivity index (χ1) is 12.3. The Bertz CT molecular complexity index is 1010. The van der Waals surface area contributed by atoms with Crippen LogP contribution in [0.5, 0.6) is 0 Å². The zero-order chi connectivity index (χ0) is 17.1. The van der Waals surface area contributed by atoms with Crippen LogP contribution in [0.25, 0.3) is 17.0 Å². The number of carbonyl (C=O) groups is 1. The van der Waals surface area contributed by atoms with E-state index in [1.807, 2.05) is 30.3 Å². The first-order valence-electron chi connectivity index (χ1n) is 7.67. The van der Waals surface area contributed by atoms with Crippen molar-refractivity contribution < 1.29 is 4.79 Å². The molecular weight excluding hydrogens is 320 g/mol. The summed E-state index contributed by atoms with van der Waals surface area (Å²) in [6, 6.07) is 11.3. The Balaban J connectivity index is 1.39. The maximum atomic E-state index is 12.1. The largest absolute Gasteiger partial charge is 0.350 e. The number of benzene rings is 1. The first kappa shape index (κ1) is 14.9. The number of nitrogens with one attached hydrogen (secondary N) is 1. The van der Waals surface area contributed by atoms with Crippen molar-refractivity contribution in [3.8, 4) is 11.4 Å². The van der Waals surface area contributed by atoms with Gasteiger partial charge in [-0.1, -0.05) is 30.3 Å². The van der Waals surface area contributed by atoms with Gasteiger partial charge in [0, 0.05) is 30.1 Å². The zero-order valence-electron chi connectivity index (χ0n) is 13.1. The van der Waals surface area contributed by atoms with Gasteiger partial charge in [-0.25, -0.2) is 9.50 Å². The first-order valence-corrected chi connectivity index (χ1v) is 7.67. The van der Waals surface area contributed by atoms with E-state index in [0.29, 0.717) is 18.0 Å². The fourth-order valence-corrected chi connectivity index (χ4v) is 2.39. The van der Waals surface area contributed by atoms with E-state index < -0.39 is 0 Å². The Hall–Kier alpha value is -3.62. The molecule has 0 saturated heterocycles. The van der Waals surface area contributed by atoms with Crippen LogP contribution in [0.3, 0.4) is 0 Å². The molecular formula is C16H14N8O. The van der Waals surface area contributed by atoms with Crippen molar-refractivity contribution in [3.63, 3.8) is 0 Å². The molecule has 0 unspecified atom stereocenters. The second-order valence-corrected chi connectivity index (χ2v) is 5.34. The third-order valence-corrected chi connectivity index (χ3v) is 3.60. The summed E-state index contributed by atoms with van der Waals surface area (Å²) >= 11 is 0. The number of fused-ring (bicyclic) bond motifs is 1. The quantitative estimate of drug-likeness (QED) is 0.576. The van der Waals surface area contributed by atoms with Crippen LogP contribution in [-0.4, -0.2) is 40.7 Å².